The summed E-state index contributed by atoms with van der Waals surface area (Å²) < 4.78 is 51.2. The number of pyridine rings is 2. The van der Waals surface area contributed by atoms with E-state index >= 15 is 8.78 Å². The number of benzene rings is 2. The maximum Gasteiger partial charge on any atom is 0.410 e. The number of ether oxygens (including phenoxy) is 3. The van der Waals surface area contributed by atoms with E-state index in [2.05, 4.69) is 57.9 Å². The minimum Gasteiger partial charge on any atom is -0.468 e. The third kappa shape index (κ3) is 8.40. The number of aliphatic hydroxyl groups excluding tert-OH is 1. The van der Waals surface area contributed by atoms with Crippen LogP contribution in [0.5, 0.6) is 5.75 Å². The standard InChI is InChI=1S/C47H62F2N4O5Si/c1-27(2)59(28(3)4,29(5)6)20-18-36-39(48)16-13-32-21-35(57-26-56-12)22-37(41(32)36)44-42(49)40-31(8)43(30(7)17-19-54)51-45(38(40)23-50-44)52-24-33-14-15-34(25-52)53(33)46(55)58-47(9,10)11/h13,16,21-23,27-30,33-34,54H,14-15,17,19,24-26H2,1-12H3. The zero-order valence-electron chi connectivity index (χ0n) is 36.9. The molecule has 4 aromatic rings. The number of aromatic nitrogens is 2. The molecule has 2 aromatic carbocycles. The molecule has 0 aliphatic carbocycles. The summed E-state index contributed by atoms with van der Waals surface area (Å²) in [6.45, 7) is 23.6. The van der Waals surface area contributed by atoms with Crippen molar-refractivity contribution < 1.29 is 32.9 Å². The van der Waals surface area contributed by atoms with E-state index in [0.717, 1.165) is 12.8 Å². The van der Waals surface area contributed by atoms with Gasteiger partial charge in [0.25, 0.3) is 0 Å². The van der Waals surface area contributed by atoms with E-state index < -0.39 is 25.3 Å². The highest BCUT2D eigenvalue weighted by molar-refractivity contribution is 6.90. The normalized spacial score (nSPS) is 17.7. The smallest absolute Gasteiger partial charge is 0.410 e. The molecule has 318 valence electrons. The molecule has 2 bridgehead atoms. The summed E-state index contributed by atoms with van der Waals surface area (Å²) in [5.41, 5.74) is 5.96. The predicted molar refractivity (Wildman–Crippen MR) is 235 cm³/mol. The van der Waals surface area contributed by atoms with Gasteiger partial charge < -0.3 is 24.2 Å². The molecule has 1 N–H and O–H groups in total. The van der Waals surface area contributed by atoms with E-state index in [-0.39, 0.29) is 48.8 Å². The van der Waals surface area contributed by atoms with Crippen LogP contribution in [0.25, 0.3) is 32.8 Å². The van der Waals surface area contributed by atoms with Crippen LogP contribution in [-0.4, -0.2) is 85.4 Å². The molecule has 2 aromatic heterocycles. The minimum atomic E-state index is -2.29. The van der Waals surface area contributed by atoms with Gasteiger partial charge in [0.05, 0.1) is 17.6 Å². The van der Waals surface area contributed by atoms with Crippen molar-refractivity contribution in [2.24, 2.45) is 0 Å². The Hall–Kier alpha value is -4.31. The van der Waals surface area contributed by atoms with Gasteiger partial charge in [-0.3, -0.25) is 9.88 Å². The Kier molecular flexibility index (Phi) is 13.0. The van der Waals surface area contributed by atoms with Crippen LogP contribution in [0.1, 0.15) is 111 Å². The van der Waals surface area contributed by atoms with Crippen molar-refractivity contribution in [3.8, 4) is 28.5 Å². The third-order valence-corrected chi connectivity index (χ3v) is 18.9. The Labute approximate surface area is 349 Å². The minimum absolute atomic E-state index is 0.0370. The molecule has 12 heteroatoms. The molecule has 3 atom stereocenters. The zero-order valence-corrected chi connectivity index (χ0v) is 37.9. The molecule has 2 saturated heterocycles. The van der Waals surface area contributed by atoms with Crippen molar-refractivity contribution in [2.45, 2.75) is 136 Å². The highest BCUT2D eigenvalue weighted by Gasteiger charge is 2.45. The predicted octanol–water partition coefficient (Wildman–Crippen LogP) is 10.7. The number of carbonyl (C=O) groups excluding carboxylic acids is 1. The van der Waals surface area contributed by atoms with Crippen molar-refractivity contribution in [2.75, 3.05) is 38.5 Å². The molecular formula is C47H62F2N4O5Si. The molecule has 59 heavy (non-hydrogen) atoms. The van der Waals surface area contributed by atoms with E-state index in [1.165, 1.54) is 13.2 Å². The summed E-state index contributed by atoms with van der Waals surface area (Å²) in [7, 11) is -0.767. The Morgan fingerprint density at radius 3 is 2.22 bits per heavy atom. The monoisotopic (exact) mass is 828 g/mol. The second-order valence-corrected chi connectivity index (χ2v) is 24.0. The van der Waals surface area contributed by atoms with Crippen LogP contribution in [0.2, 0.25) is 16.6 Å². The van der Waals surface area contributed by atoms with Crippen molar-refractivity contribution >= 4 is 41.5 Å². The number of nitrogens with zero attached hydrogens (tertiary/aromatic N) is 4. The maximum absolute atomic E-state index is 17.9. The molecule has 2 fully saturated rings. The summed E-state index contributed by atoms with van der Waals surface area (Å²) in [6.07, 6.45) is 3.42. The zero-order chi connectivity index (χ0) is 43.1. The molecule has 2 aliphatic rings. The Morgan fingerprint density at radius 2 is 1.64 bits per heavy atom. The molecule has 0 spiro atoms. The number of amides is 1. The Balaban J connectivity index is 1.59. The van der Waals surface area contributed by atoms with E-state index in [1.807, 2.05) is 39.5 Å². The Morgan fingerprint density at radius 1 is 1.00 bits per heavy atom. The molecule has 3 unspecified atom stereocenters. The van der Waals surface area contributed by atoms with Gasteiger partial charge in [0.15, 0.2) is 12.6 Å². The van der Waals surface area contributed by atoms with Gasteiger partial charge in [0.1, 0.15) is 36.8 Å². The molecule has 9 nitrogen and oxygen atoms in total. The van der Waals surface area contributed by atoms with E-state index in [9.17, 15) is 9.90 Å². The number of aryl methyl sites for hydroxylation is 1. The fraction of sp³-hybridized carbons (Fsp3) is 0.553. The van der Waals surface area contributed by atoms with Crippen LogP contribution < -0.4 is 9.64 Å². The lowest BCUT2D eigenvalue weighted by Crippen LogP contribution is -2.57. The molecule has 1 amide bonds. The topological polar surface area (TPSA) is 97.3 Å². The van der Waals surface area contributed by atoms with Crippen LogP contribution in [0.15, 0.2) is 30.5 Å². The quantitative estimate of drug-likeness (QED) is 0.0907. The molecule has 0 radical (unpaired) electrons. The van der Waals surface area contributed by atoms with Crippen molar-refractivity contribution in [3.63, 3.8) is 0 Å². The number of carbonyl (C=O) groups is 1. The number of halogens is 2. The molecule has 0 saturated carbocycles. The maximum atomic E-state index is 17.9. The lowest BCUT2D eigenvalue weighted by atomic mass is 9.92. The molecule has 4 heterocycles. The highest BCUT2D eigenvalue weighted by Crippen LogP contribution is 2.44. The number of rotatable bonds is 11. The Bertz CT molecular complexity index is 2240. The lowest BCUT2D eigenvalue weighted by molar-refractivity contribution is 0.0123. The largest absolute Gasteiger partial charge is 0.468 e. The summed E-state index contributed by atoms with van der Waals surface area (Å²) in [4.78, 5) is 27.4. The van der Waals surface area contributed by atoms with Crippen LogP contribution >= 0.6 is 0 Å². The van der Waals surface area contributed by atoms with Crippen LogP contribution in [0.3, 0.4) is 0 Å². The highest BCUT2D eigenvalue weighted by atomic mass is 28.3. The third-order valence-electron chi connectivity index (χ3n) is 12.6. The fourth-order valence-corrected chi connectivity index (χ4v) is 15.1. The number of hydrogen-bond donors (Lipinski definition) is 1. The van der Waals surface area contributed by atoms with E-state index in [4.69, 9.17) is 24.2 Å². The van der Waals surface area contributed by atoms with Gasteiger partial charge in [-0.25, -0.2) is 18.6 Å². The number of methoxy groups -OCH3 is 1. The summed E-state index contributed by atoms with van der Waals surface area (Å²) in [6, 6.07) is 6.38. The fourth-order valence-electron chi connectivity index (χ4n) is 9.87. The first-order valence-corrected chi connectivity index (χ1v) is 23.3. The first-order chi connectivity index (χ1) is 27.8. The average Bonchev–Trinajstić information content (AvgIpc) is 3.43. The van der Waals surface area contributed by atoms with Gasteiger partial charge in [-0.05, 0) is 92.7 Å². The summed E-state index contributed by atoms with van der Waals surface area (Å²) in [5.74, 6) is 3.11. The van der Waals surface area contributed by atoms with Crippen LogP contribution in [-0.2, 0) is 9.47 Å². The first kappa shape index (κ1) is 44.2. The first-order valence-electron chi connectivity index (χ1n) is 21.1. The summed E-state index contributed by atoms with van der Waals surface area (Å²) >= 11 is 0. The number of piperazine rings is 1. The van der Waals surface area contributed by atoms with Gasteiger partial charge >= 0.3 is 6.09 Å². The number of anilines is 1. The molecule has 6 rings (SSSR count). The van der Waals surface area contributed by atoms with Crippen molar-refractivity contribution in [3.05, 3.63) is 58.9 Å². The van der Waals surface area contributed by atoms with E-state index in [1.54, 1.807) is 24.4 Å². The molecule has 2 aliphatic heterocycles. The average molecular weight is 829 g/mol. The SMILES string of the molecule is COCOc1cc(-c2ncc3c(N4CC5CCC(C4)N5C(=O)OC(C)(C)C)nc(C(C)CCO)c(C)c3c2F)c2c(C#C[Si](C(C)C)(C(C)C)C(C)C)c(F)ccc2c1. The van der Waals surface area contributed by atoms with Crippen molar-refractivity contribution in [1.29, 1.82) is 0 Å². The van der Waals surface area contributed by atoms with Gasteiger partial charge in [-0.15, -0.1) is 5.54 Å². The number of hydrogen-bond acceptors (Lipinski definition) is 8. The number of aliphatic hydroxyl groups is 1. The van der Waals surface area contributed by atoms with Gasteiger partial charge in [-0.2, -0.15) is 0 Å². The second-order valence-electron chi connectivity index (χ2n) is 18.4. The van der Waals surface area contributed by atoms with Crippen LogP contribution in [0.4, 0.5) is 19.4 Å². The van der Waals surface area contributed by atoms with Crippen molar-refractivity contribution in [1.82, 2.24) is 14.9 Å². The van der Waals surface area contributed by atoms with E-state index in [0.29, 0.717) is 86.1 Å². The lowest BCUT2D eigenvalue weighted by Gasteiger charge is -2.42. The van der Waals surface area contributed by atoms with Gasteiger partial charge in [-0.1, -0.05) is 60.5 Å². The summed E-state index contributed by atoms with van der Waals surface area (Å²) in [5, 5.41) is 12.0. The second kappa shape index (κ2) is 17.3. The number of fused-ring (bicyclic) bond motifs is 4. The molecular weight excluding hydrogens is 767 g/mol. The van der Waals surface area contributed by atoms with Gasteiger partial charge in [0.2, 0.25) is 0 Å². The van der Waals surface area contributed by atoms with Gasteiger partial charge in [0, 0.05) is 66.3 Å². The van der Waals surface area contributed by atoms with Crippen LogP contribution in [0, 0.1) is 30.0 Å².